The average molecular weight is 348 g/mol. The second kappa shape index (κ2) is 9.69. The van der Waals surface area contributed by atoms with Crippen molar-refractivity contribution in [1.29, 1.82) is 5.26 Å². The number of hydrogen-bond acceptors (Lipinski definition) is 6. The molecule has 0 atom stereocenters. The molecule has 1 aromatic heterocycles. The molecule has 8 heteroatoms. The zero-order valence-corrected chi connectivity index (χ0v) is 14.5. The molecule has 2 heterocycles. The fraction of sp³-hybridized carbons (Fsp3) is 0.588. The van der Waals surface area contributed by atoms with Crippen molar-refractivity contribution in [3.63, 3.8) is 0 Å². The summed E-state index contributed by atoms with van der Waals surface area (Å²) in [4.78, 5) is 29.5. The molecule has 1 aromatic rings. The Morgan fingerprint density at radius 1 is 1.32 bits per heavy atom. The molecule has 0 saturated carbocycles. The highest BCUT2D eigenvalue weighted by Crippen LogP contribution is 2.09. The Hall–Kier alpha value is -2.53. The topological polar surface area (TPSA) is 90.0 Å². The van der Waals surface area contributed by atoms with Crippen LogP contribution in [0, 0.1) is 11.3 Å². The van der Waals surface area contributed by atoms with Crippen LogP contribution in [0.2, 0.25) is 0 Å². The van der Waals surface area contributed by atoms with Crippen LogP contribution in [0.15, 0.2) is 22.8 Å². The summed E-state index contributed by atoms with van der Waals surface area (Å²) in [6.07, 6.45) is 1.61. The van der Waals surface area contributed by atoms with Gasteiger partial charge in [-0.2, -0.15) is 5.26 Å². The van der Waals surface area contributed by atoms with Gasteiger partial charge in [-0.25, -0.2) is 4.79 Å². The molecule has 0 spiro atoms. The molecule has 1 aliphatic heterocycles. The molecule has 0 radical (unpaired) electrons. The lowest BCUT2D eigenvalue weighted by atomic mass is 10.3. The number of hydrogen-bond donors (Lipinski definition) is 0. The average Bonchev–Trinajstić information content (AvgIpc) is 3.13. The summed E-state index contributed by atoms with van der Waals surface area (Å²) < 4.78 is 10.3. The Bertz CT molecular complexity index is 588. The molecule has 25 heavy (non-hydrogen) atoms. The molecule has 0 aliphatic carbocycles. The third-order valence-corrected chi connectivity index (χ3v) is 4.02. The van der Waals surface area contributed by atoms with E-state index in [0.29, 0.717) is 52.3 Å². The number of amides is 2. The van der Waals surface area contributed by atoms with Crippen LogP contribution in [-0.4, -0.2) is 72.6 Å². The molecule has 0 aromatic carbocycles. The predicted molar refractivity (Wildman–Crippen MR) is 89.4 cm³/mol. The fourth-order valence-corrected chi connectivity index (χ4v) is 2.69. The summed E-state index contributed by atoms with van der Waals surface area (Å²) in [6, 6.07) is 5.75. The van der Waals surface area contributed by atoms with Crippen molar-refractivity contribution >= 4 is 12.0 Å². The van der Waals surface area contributed by atoms with E-state index in [0.717, 1.165) is 5.76 Å². The minimum absolute atomic E-state index is 0.00648. The molecular weight excluding hydrogens is 324 g/mol. The van der Waals surface area contributed by atoms with E-state index < -0.39 is 0 Å². The Morgan fingerprint density at radius 3 is 2.64 bits per heavy atom. The van der Waals surface area contributed by atoms with Crippen molar-refractivity contribution in [3.8, 4) is 6.07 Å². The molecular formula is C17H24N4O4. The van der Waals surface area contributed by atoms with Gasteiger partial charge in [-0.15, -0.1) is 0 Å². The van der Waals surface area contributed by atoms with Crippen molar-refractivity contribution in [2.45, 2.75) is 19.9 Å². The third kappa shape index (κ3) is 5.80. The Kier molecular flexibility index (Phi) is 7.29. The quantitative estimate of drug-likeness (QED) is 0.738. The monoisotopic (exact) mass is 348 g/mol. The van der Waals surface area contributed by atoms with Crippen LogP contribution >= 0.6 is 0 Å². The van der Waals surface area contributed by atoms with Gasteiger partial charge < -0.3 is 19.0 Å². The van der Waals surface area contributed by atoms with Gasteiger partial charge in [-0.1, -0.05) is 0 Å². The van der Waals surface area contributed by atoms with E-state index in [4.69, 9.17) is 14.4 Å². The SMILES string of the molecule is CCOC(=O)N1CCN(C(=O)CN(CCC#N)Cc2ccco2)CC1. The van der Waals surface area contributed by atoms with E-state index in [1.54, 1.807) is 29.1 Å². The molecule has 0 bridgehead atoms. The van der Waals surface area contributed by atoms with Crippen LogP contribution in [0.1, 0.15) is 19.1 Å². The number of carbonyl (C=O) groups is 2. The van der Waals surface area contributed by atoms with E-state index in [9.17, 15) is 9.59 Å². The number of carbonyl (C=O) groups excluding carboxylic acids is 2. The first-order chi connectivity index (χ1) is 12.1. The Morgan fingerprint density at radius 2 is 2.04 bits per heavy atom. The van der Waals surface area contributed by atoms with Crippen LogP contribution in [0.3, 0.4) is 0 Å². The van der Waals surface area contributed by atoms with Gasteiger partial charge in [0.15, 0.2) is 0 Å². The van der Waals surface area contributed by atoms with E-state index in [2.05, 4.69) is 6.07 Å². The number of furan rings is 1. The van der Waals surface area contributed by atoms with Gasteiger partial charge in [0, 0.05) is 39.1 Å². The lowest BCUT2D eigenvalue weighted by Crippen LogP contribution is -2.52. The van der Waals surface area contributed by atoms with E-state index in [1.807, 2.05) is 11.0 Å². The van der Waals surface area contributed by atoms with Gasteiger partial charge in [-0.3, -0.25) is 9.69 Å². The van der Waals surface area contributed by atoms with Crippen molar-refractivity contribution in [1.82, 2.24) is 14.7 Å². The second-order valence-corrected chi connectivity index (χ2v) is 5.76. The van der Waals surface area contributed by atoms with Gasteiger partial charge in [0.2, 0.25) is 5.91 Å². The molecule has 8 nitrogen and oxygen atoms in total. The molecule has 1 fully saturated rings. The largest absolute Gasteiger partial charge is 0.468 e. The molecule has 2 amide bonds. The summed E-state index contributed by atoms with van der Waals surface area (Å²) in [5.41, 5.74) is 0. The number of ether oxygens (including phenoxy) is 1. The van der Waals surface area contributed by atoms with Gasteiger partial charge in [0.25, 0.3) is 0 Å². The molecule has 1 saturated heterocycles. The summed E-state index contributed by atoms with van der Waals surface area (Å²) in [5, 5.41) is 8.80. The zero-order valence-electron chi connectivity index (χ0n) is 14.5. The van der Waals surface area contributed by atoms with Crippen molar-refractivity contribution in [3.05, 3.63) is 24.2 Å². The minimum Gasteiger partial charge on any atom is -0.468 e. The van der Waals surface area contributed by atoms with Crippen LogP contribution in [0.4, 0.5) is 4.79 Å². The summed E-state index contributed by atoms with van der Waals surface area (Å²) >= 11 is 0. The van der Waals surface area contributed by atoms with E-state index >= 15 is 0 Å². The van der Waals surface area contributed by atoms with Crippen LogP contribution < -0.4 is 0 Å². The minimum atomic E-state index is -0.330. The molecule has 136 valence electrons. The summed E-state index contributed by atoms with van der Waals surface area (Å²) in [6.45, 7) is 5.26. The number of nitrogens with zero attached hydrogens (tertiary/aromatic N) is 4. The molecule has 0 unspecified atom stereocenters. The predicted octanol–water partition coefficient (Wildman–Crippen LogP) is 1.30. The Balaban J connectivity index is 1.84. The van der Waals surface area contributed by atoms with Gasteiger partial charge in [-0.05, 0) is 19.1 Å². The van der Waals surface area contributed by atoms with Crippen LogP contribution in [-0.2, 0) is 16.1 Å². The van der Waals surface area contributed by atoms with Crippen molar-refractivity contribution < 1.29 is 18.7 Å². The van der Waals surface area contributed by atoms with Gasteiger partial charge in [0.05, 0.1) is 32.0 Å². The normalized spacial score (nSPS) is 14.4. The van der Waals surface area contributed by atoms with E-state index in [-0.39, 0.29) is 18.5 Å². The highest BCUT2D eigenvalue weighted by atomic mass is 16.6. The number of rotatable bonds is 7. The van der Waals surface area contributed by atoms with Crippen LogP contribution in [0.25, 0.3) is 0 Å². The van der Waals surface area contributed by atoms with Crippen LogP contribution in [0.5, 0.6) is 0 Å². The molecule has 1 aliphatic rings. The first-order valence-corrected chi connectivity index (χ1v) is 8.45. The first-order valence-electron chi connectivity index (χ1n) is 8.45. The maximum absolute atomic E-state index is 12.5. The van der Waals surface area contributed by atoms with Gasteiger partial charge >= 0.3 is 6.09 Å². The highest BCUT2D eigenvalue weighted by molar-refractivity contribution is 5.78. The summed E-state index contributed by atoms with van der Waals surface area (Å²) in [7, 11) is 0. The van der Waals surface area contributed by atoms with E-state index in [1.165, 1.54) is 0 Å². The molecule has 2 rings (SSSR count). The maximum Gasteiger partial charge on any atom is 0.409 e. The number of piperazine rings is 1. The lowest BCUT2D eigenvalue weighted by molar-refractivity contribution is -0.134. The Labute approximate surface area is 147 Å². The first kappa shape index (κ1) is 18.8. The third-order valence-electron chi connectivity index (χ3n) is 4.02. The number of nitriles is 1. The smallest absolute Gasteiger partial charge is 0.409 e. The summed E-state index contributed by atoms with van der Waals surface area (Å²) in [5.74, 6) is 0.755. The van der Waals surface area contributed by atoms with Gasteiger partial charge in [0.1, 0.15) is 5.76 Å². The maximum atomic E-state index is 12.5. The molecule has 0 N–H and O–H groups in total. The standard InChI is InChI=1S/C17H24N4O4/c1-2-24-17(23)21-10-8-20(9-11-21)16(22)14-19(7-4-6-18)13-15-5-3-12-25-15/h3,5,12H,2,4,7-11,13-14H2,1H3. The van der Waals surface area contributed by atoms with Crippen molar-refractivity contribution in [2.75, 3.05) is 45.9 Å². The second-order valence-electron chi connectivity index (χ2n) is 5.76. The fourth-order valence-electron chi connectivity index (χ4n) is 2.69. The zero-order chi connectivity index (χ0) is 18.1. The highest BCUT2D eigenvalue weighted by Gasteiger charge is 2.25. The van der Waals surface area contributed by atoms with Crippen molar-refractivity contribution in [2.24, 2.45) is 0 Å². The lowest BCUT2D eigenvalue weighted by Gasteiger charge is -2.35.